The SMILES string of the molecule is CC1(C)CCCN(C(=O)C2CCN(Cc3nc(-c4ccc(C(C)(C)C)cc4)no3)CC2)C1. The van der Waals surface area contributed by atoms with Crippen molar-refractivity contribution in [2.75, 3.05) is 26.2 Å². The third-order valence-electron chi connectivity index (χ3n) is 6.99. The highest BCUT2D eigenvalue weighted by atomic mass is 16.5. The summed E-state index contributed by atoms with van der Waals surface area (Å²) in [6, 6.07) is 8.40. The van der Waals surface area contributed by atoms with E-state index in [0.717, 1.165) is 51.0 Å². The van der Waals surface area contributed by atoms with Crippen LogP contribution >= 0.6 is 0 Å². The maximum absolute atomic E-state index is 13.0. The average molecular weight is 439 g/mol. The molecule has 32 heavy (non-hydrogen) atoms. The fourth-order valence-corrected chi connectivity index (χ4v) is 4.95. The molecular weight excluding hydrogens is 400 g/mol. The maximum atomic E-state index is 13.0. The van der Waals surface area contributed by atoms with Crippen LogP contribution in [0.5, 0.6) is 0 Å². The second-order valence-electron chi connectivity index (χ2n) is 11.4. The van der Waals surface area contributed by atoms with Gasteiger partial charge in [0.1, 0.15) is 0 Å². The number of likely N-dealkylation sites (tertiary alicyclic amines) is 2. The second-order valence-corrected chi connectivity index (χ2v) is 11.4. The Morgan fingerprint density at radius 1 is 1.12 bits per heavy atom. The third-order valence-corrected chi connectivity index (χ3v) is 6.99. The molecule has 6 nitrogen and oxygen atoms in total. The van der Waals surface area contributed by atoms with Crippen molar-refractivity contribution in [1.82, 2.24) is 19.9 Å². The van der Waals surface area contributed by atoms with E-state index in [9.17, 15) is 4.79 Å². The molecule has 1 aromatic heterocycles. The summed E-state index contributed by atoms with van der Waals surface area (Å²) in [4.78, 5) is 22.1. The van der Waals surface area contributed by atoms with Gasteiger partial charge < -0.3 is 9.42 Å². The first-order chi connectivity index (χ1) is 15.1. The van der Waals surface area contributed by atoms with Crippen molar-refractivity contribution in [3.05, 3.63) is 35.7 Å². The molecule has 0 atom stereocenters. The topological polar surface area (TPSA) is 62.5 Å². The highest BCUT2D eigenvalue weighted by Crippen LogP contribution is 2.31. The summed E-state index contributed by atoms with van der Waals surface area (Å²) >= 11 is 0. The van der Waals surface area contributed by atoms with Gasteiger partial charge in [0.15, 0.2) is 0 Å². The zero-order valence-electron chi connectivity index (χ0n) is 20.4. The van der Waals surface area contributed by atoms with Gasteiger partial charge in [-0.2, -0.15) is 4.98 Å². The Kier molecular flexibility index (Phi) is 6.44. The normalized spacial score (nSPS) is 20.5. The molecule has 1 amide bonds. The third kappa shape index (κ3) is 5.40. The molecule has 0 radical (unpaired) electrons. The van der Waals surface area contributed by atoms with Crippen LogP contribution in [0, 0.1) is 11.3 Å². The zero-order chi connectivity index (χ0) is 22.9. The first kappa shape index (κ1) is 23.0. The molecule has 3 heterocycles. The number of nitrogens with zero attached hydrogens (tertiary/aromatic N) is 4. The lowest BCUT2D eigenvalue weighted by molar-refractivity contribution is -0.140. The van der Waals surface area contributed by atoms with Crippen molar-refractivity contribution in [2.24, 2.45) is 11.3 Å². The van der Waals surface area contributed by atoms with Crippen molar-refractivity contribution in [1.29, 1.82) is 0 Å². The van der Waals surface area contributed by atoms with E-state index in [1.54, 1.807) is 0 Å². The van der Waals surface area contributed by atoms with Crippen LogP contribution in [0.3, 0.4) is 0 Å². The predicted octanol–water partition coefficient (Wildman–Crippen LogP) is 4.89. The highest BCUT2D eigenvalue weighted by molar-refractivity contribution is 5.79. The summed E-state index contributed by atoms with van der Waals surface area (Å²) in [5, 5.41) is 4.19. The van der Waals surface area contributed by atoms with Gasteiger partial charge in [-0.25, -0.2) is 0 Å². The van der Waals surface area contributed by atoms with E-state index in [1.807, 2.05) is 0 Å². The molecule has 1 aromatic carbocycles. The zero-order valence-corrected chi connectivity index (χ0v) is 20.4. The van der Waals surface area contributed by atoms with Crippen LogP contribution in [0.1, 0.15) is 71.8 Å². The molecule has 0 saturated carbocycles. The van der Waals surface area contributed by atoms with E-state index in [4.69, 9.17) is 4.52 Å². The lowest BCUT2D eigenvalue weighted by Gasteiger charge is -2.41. The Morgan fingerprint density at radius 2 is 1.81 bits per heavy atom. The standard InChI is InChI=1S/C26H38N4O2/c1-25(2,3)21-9-7-19(8-10-21)23-27-22(32-28-23)17-29-15-11-20(12-16-29)24(31)30-14-6-13-26(4,5)18-30/h7-10,20H,6,11-18H2,1-5H3. The van der Waals surface area contributed by atoms with Gasteiger partial charge in [0.05, 0.1) is 6.54 Å². The first-order valence-electron chi connectivity index (χ1n) is 12.1. The lowest BCUT2D eigenvalue weighted by Crippen LogP contribution is -2.48. The summed E-state index contributed by atoms with van der Waals surface area (Å²) in [6.07, 6.45) is 4.15. The number of amides is 1. The monoisotopic (exact) mass is 438 g/mol. The van der Waals surface area contributed by atoms with Crippen molar-refractivity contribution in [3.63, 3.8) is 0 Å². The highest BCUT2D eigenvalue weighted by Gasteiger charge is 2.34. The first-order valence-corrected chi connectivity index (χ1v) is 12.1. The Balaban J connectivity index is 1.29. The molecular formula is C26H38N4O2. The minimum atomic E-state index is 0.124. The van der Waals surface area contributed by atoms with Crippen LogP contribution in [-0.4, -0.2) is 52.0 Å². The van der Waals surface area contributed by atoms with E-state index < -0.39 is 0 Å². The van der Waals surface area contributed by atoms with Gasteiger partial charge in [-0.15, -0.1) is 0 Å². The van der Waals surface area contributed by atoms with Gasteiger partial charge in [-0.1, -0.05) is 64.0 Å². The molecule has 0 unspecified atom stereocenters. The molecule has 2 aliphatic heterocycles. The minimum Gasteiger partial charge on any atom is -0.342 e. The Bertz CT molecular complexity index is 918. The van der Waals surface area contributed by atoms with E-state index >= 15 is 0 Å². The van der Waals surface area contributed by atoms with E-state index in [0.29, 0.717) is 24.2 Å². The number of benzene rings is 1. The van der Waals surface area contributed by atoms with Crippen molar-refractivity contribution in [2.45, 2.75) is 72.3 Å². The molecule has 2 fully saturated rings. The molecule has 6 heteroatoms. The summed E-state index contributed by atoms with van der Waals surface area (Å²) in [5.41, 5.74) is 2.63. The summed E-state index contributed by atoms with van der Waals surface area (Å²) in [7, 11) is 0. The molecule has 2 saturated heterocycles. The number of hydrogen-bond acceptors (Lipinski definition) is 5. The quantitative estimate of drug-likeness (QED) is 0.680. The largest absolute Gasteiger partial charge is 0.342 e. The fourth-order valence-electron chi connectivity index (χ4n) is 4.95. The van der Waals surface area contributed by atoms with E-state index in [-0.39, 0.29) is 16.7 Å². The summed E-state index contributed by atoms with van der Waals surface area (Å²) in [6.45, 7) is 15.4. The van der Waals surface area contributed by atoms with E-state index in [2.05, 4.69) is 78.8 Å². The fraction of sp³-hybridized carbons (Fsp3) is 0.654. The van der Waals surface area contributed by atoms with Crippen molar-refractivity contribution >= 4 is 5.91 Å². The minimum absolute atomic E-state index is 0.124. The number of aromatic nitrogens is 2. The molecule has 0 spiro atoms. The van der Waals surface area contributed by atoms with Crippen molar-refractivity contribution in [3.8, 4) is 11.4 Å². The molecule has 0 bridgehead atoms. The van der Waals surface area contributed by atoms with Crippen LogP contribution in [-0.2, 0) is 16.8 Å². The molecule has 2 aromatic rings. The van der Waals surface area contributed by atoms with Gasteiger partial charge >= 0.3 is 0 Å². The van der Waals surface area contributed by atoms with Crippen LogP contribution in [0.15, 0.2) is 28.8 Å². The molecule has 174 valence electrons. The van der Waals surface area contributed by atoms with Gasteiger partial charge in [-0.05, 0) is 55.2 Å². The van der Waals surface area contributed by atoms with E-state index in [1.165, 1.54) is 12.0 Å². The molecule has 0 aliphatic carbocycles. The van der Waals surface area contributed by atoms with Gasteiger partial charge in [-0.3, -0.25) is 9.69 Å². The lowest BCUT2D eigenvalue weighted by atomic mass is 9.83. The van der Waals surface area contributed by atoms with Crippen LogP contribution in [0.4, 0.5) is 0 Å². The smallest absolute Gasteiger partial charge is 0.241 e. The average Bonchev–Trinajstić information content (AvgIpc) is 3.21. The Labute approximate surface area is 192 Å². The van der Waals surface area contributed by atoms with Gasteiger partial charge in [0.2, 0.25) is 17.6 Å². The maximum Gasteiger partial charge on any atom is 0.241 e. The number of piperidine rings is 2. The summed E-state index contributed by atoms with van der Waals surface area (Å²) < 4.78 is 5.53. The van der Waals surface area contributed by atoms with Gasteiger partial charge in [0, 0.05) is 24.6 Å². The molecule has 4 rings (SSSR count). The summed E-state index contributed by atoms with van der Waals surface area (Å²) in [5.74, 6) is 1.79. The van der Waals surface area contributed by atoms with Crippen LogP contribution < -0.4 is 0 Å². The predicted molar refractivity (Wildman–Crippen MR) is 126 cm³/mol. The second kappa shape index (κ2) is 8.97. The van der Waals surface area contributed by atoms with Crippen molar-refractivity contribution < 1.29 is 9.32 Å². The molecule has 0 N–H and O–H groups in total. The van der Waals surface area contributed by atoms with Crippen LogP contribution in [0.2, 0.25) is 0 Å². The Hall–Kier alpha value is -2.21. The number of carbonyl (C=O) groups is 1. The molecule has 2 aliphatic rings. The Morgan fingerprint density at radius 3 is 2.44 bits per heavy atom. The van der Waals surface area contributed by atoms with Gasteiger partial charge in [0.25, 0.3) is 0 Å². The number of hydrogen-bond donors (Lipinski definition) is 0. The number of carbonyl (C=O) groups excluding carboxylic acids is 1. The number of rotatable bonds is 4. The van der Waals surface area contributed by atoms with Crippen LogP contribution in [0.25, 0.3) is 11.4 Å².